The molecule has 21 heavy (non-hydrogen) atoms. The van der Waals surface area contributed by atoms with Crippen molar-refractivity contribution >= 4 is 11.7 Å². The highest BCUT2D eigenvalue weighted by Gasteiger charge is 2.36. The number of pyridine rings is 1. The van der Waals surface area contributed by atoms with Crippen LogP contribution >= 0.6 is 0 Å². The van der Waals surface area contributed by atoms with E-state index < -0.39 is 0 Å². The van der Waals surface area contributed by atoms with Crippen LogP contribution in [-0.2, 0) is 0 Å². The van der Waals surface area contributed by atoms with Crippen molar-refractivity contribution < 1.29 is 5.21 Å². The first kappa shape index (κ1) is 14.2. The minimum atomic E-state index is 0.135. The molecular formula is C16H24N4O. The summed E-state index contributed by atoms with van der Waals surface area (Å²) >= 11 is 0. The molecule has 1 saturated carbocycles. The summed E-state index contributed by atoms with van der Waals surface area (Å²) in [5.74, 6) is 0.981. The molecule has 2 heterocycles. The molecule has 1 aliphatic heterocycles. The van der Waals surface area contributed by atoms with E-state index in [0.717, 1.165) is 24.5 Å². The Morgan fingerprint density at radius 2 is 1.90 bits per heavy atom. The van der Waals surface area contributed by atoms with Crippen molar-refractivity contribution in [3.05, 3.63) is 23.9 Å². The monoisotopic (exact) mass is 288 g/mol. The van der Waals surface area contributed by atoms with E-state index in [2.05, 4.69) is 15.0 Å². The number of piperidine rings is 1. The Morgan fingerprint density at radius 3 is 2.57 bits per heavy atom. The second-order valence-electron chi connectivity index (χ2n) is 6.41. The van der Waals surface area contributed by atoms with Gasteiger partial charge in [0.2, 0.25) is 0 Å². The van der Waals surface area contributed by atoms with Crippen molar-refractivity contribution in [2.45, 2.75) is 44.9 Å². The molecule has 3 rings (SSSR count). The summed E-state index contributed by atoms with van der Waals surface area (Å²) in [6, 6.07) is 3.69. The first-order chi connectivity index (χ1) is 10.2. The van der Waals surface area contributed by atoms with Gasteiger partial charge in [-0.1, -0.05) is 24.4 Å². The number of rotatable bonds is 2. The van der Waals surface area contributed by atoms with Gasteiger partial charge in [0.1, 0.15) is 5.82 Å². The van der Waals surface area contributed by atoms with E-state index >= 15 is 0 Å². The van der Waals surface area contributed by atoms with Gasteiger partial charge in [-0.3, -0.25) is 0 Å². The van der Waals surface area contributed by atoms with Gasteiger partial charge in [-0.2, -0.15) is 0 Å². The van der Waals surface area contributed by atoms with E-state index in [4.69, 9.17) is 10.9 Å². The van der Waals surface area contributed by atoms with Gasteiger partial charge in [-0.25, -0.2) is 4.98 Å². The third-order valence-corrected chi connectivity index (χ3v) is 5.21. The number of hydrogen-bond donors (Lipinski definition) is 2. The fraction of sp³-hybridized carbons (Fsp3) is 0.625. The van der Waals surface area contributed by atoms with Gasteiger partial charge in [0.05, 0.1) is 5.56 Å². The van der Waals surface area contributed by atoms with Crippen molar-refractivity contribution in [2.75, 3.05) is 18.0 Å². The number of nitrogens with two attached hydrogens (primary N) is 1. The Hall–Kier alpha value is -1.78. The fourth-order valence-corrected chi connectivity index (χ4v) is 3.90. The van der Waals surface area contributed by atoms with Crippen molar-refractivity contribution in [1.29, 1.82) is 0 Å². The molecular weight excluding hydrogens is 264 g/mol. The van der Waals surface area contributed by atoms with E-state index in [1.54, 1.807) is 6.20 Å². The van der Waals surface area contributed by atoms with E-state index in [-0.39, 0.29) is 5.84 Å². The largest absolute Gasteiger partial charge is 0.409 e. The zero-order valence-corrected chi connectivity index (χ0v) is 12.5. The van der Waals surface area contributed by atoms with Crippen molar-refractivity contribution in [1.82, 2.24) is 4.98 Å². The zero-order valence-electron chi connectivity index (χ0n) is 12.5. The molecule has 1 spiro atoms. The summed E-state index contributed by atoms with van der Waals surface area (Å²) in [5.41, 5.74) is 7.06. The molecule has 2 fully saturated rings. The van der Waals surface area contributed by atoms with Crippen LogP contribution in [0.25, 0.3) is 0 Å². The van der Waals surface area contributed by atoms with Crippen LogP contribution in [0, 0.1) is 5.41 Å². The molecule has 5 heteroatoms. The Kier molecular flexibility index (Phi) is 3.99. The van der Waals surface area contributed by atoms with Crippen LogP contribution in [0.4, 0.5) is 5.82 Å². The predicted octanol–water partition coefficient (Wildman–Crippen LogP) is 2.73. The lowest BCUT2D eigenvalue weighted by atomic mass is 9.68. The maximum atomic E-state index is 8.93. The summed E-state index contributed by atoms with van der Waals surface area (Å²) in [6.45, 7) is 2.03. The number of hydrogen-bond acceptors (Lipinski definition) is 4. The van der Waals surface area contributed by atoms with Crippen LogP contribution in [0.3, 0.4) is 0 Å². The summed E-state index contributed by atoms with van der Waals surface area (Å²) in [4.78, 5) is 6.74. The van der Waals surface area contributed by atoms with E-state index in [1.165, 1.54) is 44.9 Å². The molecule has 0 atom stereocenters. The summed E-state index contributed by atoms with van der Waals surface area (Å²) in [7, 11) is 0. The van der Waals surface area contributed by atoms with Crippen LogP contribution in [0.15, 0.2) is 23.5 Å². The third-order valence-electron chi connectivity index (χ3n) is 5.21. The molecule has 114 valence electrons. The summed E-state index contributed by atoms with van der Waals surface area (Å²) in [5, 5.41) is 12.1. The molecule has 0 unspecified atom stereocenters. The smallest absolute Gasteiger partial charge is 0.173 e. The lowest BCUT2D eigenvalue weighted by Crippen LogP contribution is -2.42. The second kappa shape index (κ2) is 5.92. The highest BCUT2D eigenvalue weighted by Crippen LogP contribution is 2.45. The molecule has 1 aromatic heterocycles. The quantitative estimate of drug-likeness (QED) is 0.380. The molecule has 0 radical (unpaired) electrons. The number of amidine groups is 1. The predicted molar refractivity (Wildman–Crippen MR) is 83.7 cm³/mol. The van der Waals surface area contributed by atoms with Crippen molar-refractivity contribution in [3.63, 3.8) is 0 Å². The van der Waals surface area contributed by atoms with E-state index in [0.29, 0.717) is 5.41 Å². The van der Waals surface area contributed by atoms with Crippen LogP contribution < -0.4 is 10.6 Å². The van der Waals surface area contributed by atoms with Crippen LogP contribution in [0.1, 0.15) is 50.5 Å². The summed E-state index contributed by atoms with van der Waals surface area (Å²) in [6.07, 6.45) is 11.2. The van der Waals surface area contributed by atoms with Crippen LogP contribution in [-0.4, -0.2) is 29.1 Å². The maximum Gasteiger partial charge on any atom is 0.173 e. The molecule has 1 saturated heterocycles. The molecule has 2 aliphatic rings. The van der Waals surface area contributed by atoms with Crippen molar-refractivity contribution in [2.24, 2.45) is 16.3 Å². The molecule has 0 bridgehead atoms. The van der Waals surface area contributed by atoms with E-state index in [1.807, 2.05) is 12.1 Å². The maximum absolute atomic E-state index is 8.93. The first-order valence-corrected chi connectivity index (χ1v) is 7.92. The normalized spacial score (nSPS) is 22.5. The highest BCUT2D eigenvalue weighted by molar-refractivity contribution is 6.01. The SMILES string of the molecule is NC(=NO)c1cccnc1N1CCC2(CCCCC2)CC1. The number of oxime groups is 1. The molecule has 3 N–H and O–H groups in total. The van der Waals surface area contributed by atoms with Crippen molar-refractivity contribution in [3.8, 4) is 0 Å². The second-order valence-corrected chi connectivity index (χ2v) is 6.41. The molecule has 1 aromatic rings. The van der Waals surface area contributed by atoms with Gasteiger partial charge in [-0.05, 0) is 43.2 Å². The van der Waals surface area contributed by atoms with Crippen LogP contribution in [0.2, 0.25) is 0 Å². The zero-order chi connectivity index (χ0) is 14.7. The molecule has 1 aliphatic carbocycles. The number of nitrogens with zero attached hydrogens (tertiary/aromatic N) is 3. The van der Waals surface area contributed by atoms with Gasteiger partial charge < -0.3 is 15.8 Å². The standard InChI is InChI=1S/C16H24N4O/c17-14(19-21)13-5-4-10-18-15(13)20-11-8-16(9-12-20)6-2-1-3-7-16/h4-5,10,21H,1-3,6-9,11-12H2,(H2,17,19). The Bertz CT molecular complexity index is 513. The summed E-state index contributed by atoms with van der Waals surface area (Å²) < 4.78 is 0. The number of anilines is 1. The van der Waals surface area contributed by atoms with Crippen LogP contribution in [0.5, 0.6) is 0 Å². The minimum Gasteiger partial charge on any atom is -0.409 e. The molecule has 5 nitrogen and oxygen atoms in total. The topological polar surface area (TPSA) is 74.7 Å². The number of aromatic nitrogens is 1. The van der Waals surface area contributed by atoms with Gasteiger partial charge in [0, 0.05) is 19.3 Å². The third kappa shape index (κ3) is 2.82. The van der Waals surface area contributed by atoms with Gasteiger partial charge in [-0.15, -0.1) is 0 Å². The van der Waals surface area contributed by atoms with Gasteiger partial charge in [0.25, 0.3) is 0 Å². The molecule has 0 amide bonds. The lowest BCUT2D eigenvalue weighted by Gasteiger charge is -2.45. The highest BCUT2D eigenvalue weighted by atomic mass is 16.4. The minimum absolute atomic E-state index is 0.135. The molecule has 0 aromatic carbocycles. The van der Waals surface area contributed by atoms with Gasteiger partial charge >= 0.3 is 0 Å². The average molecular weight is 288 g/mol. The van der Waals surface area contributed by atoms with Gasteiger partial charge in [0.15, 0.2) is 5.84 Å². The van der Waals surface area contributed by atoms with E-state index in [9.17, 15) is 0 Å². The Labute approximate surface area is 125 Å². The average Bonchev–Trinajstić information content (AvgIpc) is 2.56. The Morgan fingerprint density at radius 1 is 1.19 bits per heavy atom. The fourth-order valence-electron chi connectivity index (χ4n) is 3.90. The lowest BCUT2D eigenvalue weighted by molar-refractivity contribution is 0.144. The first-order valence-electron chi connectivity index (χ1n) is 7.92. The Balaban J connectivity index is 1.75.